The zero-order valence-electron chi connectivity index (χ0n) is 10.6. The van der Waals surface area contributed by atoms with Crippen LogP contribution in [0.4, 0.5) is 18.9 Å². The quantitative estimate of drug-likeness (QED) is 0.870. The molecule has 3 nitrogen and oxygen atoms in total. The van der Waals surface area contributed by atoms with Crippen molar-refractivity contribution in [3.8, 4) is 22.6 Å². The maximum atomic E-state index is 12.4. The number of alkyl halides is 3. The second-order valence-corrected chi connectivity index (χ2v) is 4.00. The van der Waals surface area contributed by atoms with Gasteiger partial charge in [-0.05, 0) is 23.8 Å². The van der Waals surface area contributed by atoms with Crippen LogP contribution in [0.3, 0.4) is 0 Å². The molecule has 2 aromatic carbocycles. The van der Waals surface area contributed by atoms with Crippen LogP contribution in [0.1, 0.15) is 0 Å². The second-order valence-electron chi connectivity index (χ2n) is 4.00. The van der Waals surface area contributed by atoms with Gasteiger partial charge in [0.1, 0.15) is 11.5 Å². The zero-order chi connectivity index (χ0) is 14.8. The molecular weight excluding hydrogens is 271 g/mol. The number of methoxy groups -OCH3 is 1. The fraction of sp³-hybridized carbons (Fsp3) is 0.143. The standard InChI is InChI=1S/C14H12F3NO2/c1-19-13-7-6-9(8-11(13)18)10-4-2-3-5-12(10)20-14(15,16)17/h2-8H,18H2,1H3. The SMILES string of the molecule is COc1ccc(-c2ccccc2OC(F)(F)F)cc1N. The zero-order valence-corrected chi connectivity index (χ0v) is 10.6. The minimum Gasteiger partial charge on any atom is -0.495 e. The molecule has 0 heterocycles. The summed E-state index contributed by atoms with van der Waals surface area (Å²) in [6.07, 6.45) is -4.74. The fourth-order valence-electron chi connectivity index (χ4n) is 1.82. The molecule has 0 atom stereocenters. The van der Waals surface area contributed by atoms with Gasteiger partial charge in [0, 0.05) is 5.56 Å². The molecule has 0 saturated heterocycles. The summed E-state index contributed by atoms with van der Waals surface area (Å²) < 4.78 is 46.1. The highest BCUT2D eigenvalue weighted by molar-refractivity contribution is 5.75. The van der Waals surface area contributed by atoms with Crippen LogP contribution in [0.15, 0.2) is 42.5 Å². The highest BCUT2D eigenvalue weighted by atomic mass is 19.4. The van der Waals surface area contributed by atoms with Gasteiger partial charge in [-0.15, -0.1) is 13.2 Å². The van der Waals surface area contributed by atoms with Gasteiger partial charge in [-0.3, -0.25) is 0 Å². The van der Waals surface area contributed by atoms with E-state index in [4.69, 9.17) is 10.5 Å². The molecule has 2 rings (SSSR count). The number of halogens is 3. The van der Waals surface area contributed by atoms with E-state index < -0.39 is 6.36 Å². The Hall–Kier alpha value is -2.37. The number of benzene rings is 2. The molecule has 0 aliphatic carbocycles. The molecule has 0 fully saturated rings. The second kappa shape index (κ2) is 5.32. The van der Waals surface area contributed by atoms with Gasteiger partial charge in [-0.2, -0.15) is 0 Å². The number of rotatable bonds is 3. The van der Waals surface area contributed by atoms with Crippen LogP contribution in [-0.2, 0) is 0 Å². The molecule has 0 spiro atoms. The molecule has 20 heavy (non-hydrogen) atoms. The van der Waals surface area contributed by atoms with Gasteiger partial charge in [-0.25, -0.2) is 0 Å². The molecule has 2 aromatic rings. The highest BCUT2D eigenvalue weighted by Crippen LogP contribution is 2.36. The van der Waals surface area contributed by atoms with E-state index in [1.165, 1.54) is 31.4 Å². The number of nitrogen functional groups attached to an aromatic ring is 1. The van der Waals surface area contributed by atoms with Crippen LogP contribution < -0.4 is 15.2 Å². The molecule has 0 saturated carbocycles. The Bertz CT molecular complexity index is 612. The van der Waals surface area contributed by atoms with E-state index in [9.17, 15) is 13.2 Å². The first kappa shape index (κ1) is 14.0. The van der Waals surface area contributed by atoms with Crippen LogP contribution in [-0.4, -0.2) is 13.5 Å². The average molecular weight is 283 g/mol. The lowest BCUT2D eigenvalue weighted by Gasteiger charge is -2.14. The predicted octanol–water partition coefficient (Wildman–Crippen LogP) is 3.84. The number of ether oxygens (including phenoxy) is 2. The van der Waals surface area contributed by atoms with Gasteiger partial charge in [0.05, 0.1) is 12.8 Å². The normalized spacial score (nSPS) is 11.2. The van der Waals surface area contributed by atoms with Gasteiger partial charge in [-0.1, -0.05) is 24.3 Å². The molecule has 0 aliphatic heterocycles. The number of para-hydroxylation sites is 1. The summed E-state index contributed by atoms with van der Waals surface area (Å²) in [6, 6.07) is 10.6. The molecule has 0 bridgehead atoms. The lowest BCUT2D eigenvalue weighted by molar-refractivity contribution is -0.274. The molecule has 0 aromatic heterocycles. The largest absolute Gasteiger partial charge is 0.573 e. The Kier molecular flexibility index (Phi) is 3.74. The fourth-order valence-corrected chi connectivity index (χ4v) is 1.82. The van der Waals surface area contributed by atoms with E-state index in [2.05, 4.69) is 4.74 Å². The van der Waals surface area contributed by atoms with Crippen molar-refractivity contribution in [2.45, 2.75) is 6.36 Å². The van der Waals surface area contributed by atoms with Crippen molar-refractivity contribution in [2.75, 3.05) is 12.8 Å². The molecule has 0 unspecified atom stereocenters. The summed E-state index contributed by atoms with van der Waals surface area (Å²) in [7, 11) is 1.46. The minimum absolute atomic E-state index is 0.274. The third-order valence-corrected chi connectivity index (χ3v) is 2.65. The molecule has 2 N–H and O–H groups in total. The lowest BCUT2D eigenvalue weighted by Crippen LogP contribution is -2.17. The van der Waals surface area contributed by atoms with E-state index in [0.29, 0.717) is 22.6 Å². The van der Waals surface area contributed by atoms with Crippen molar-refractivity contribution >= 4 is 5.69 Å². The van der Waals surface area contributed by atoms with E-state index in [1.807, 2.05) is 0 Å². The van der Waals surface area contributed by atoms with Crippen LogP contribution >= 0.6 is 0 Å². The number of nitrogens with two attached hydrogens (primary N) is 1. The van der Waals surface area contributed by atoms with Crippen molar-refractivity contribution in [3.05, 3.63) is 42.5 Å². The molecule has 0 amide bonds. The number of hydrogen-bond donors (Lipinski definition) is 1. The van der Waals surface area contributed by atoms with Gasteiger partial charge < -0.3 is 15.2 Å². The van der Waals surface area contributed by atoms with Crippen molar-refractivity contribution in [1.82, 2.24) is 0 Å². The van der Waals surface area contributed by atoms with Crippen LogP contribution in [0.2, 0.25) is 0 Å². The molecule has 0 aliphatic rings. The van der Waals surface area contributed by atoms with Gasteiger partial charge in [0.2, 0.25) is 0 Å². The third-order valence-electron chi connectivity index (χ3n) is 2.65. The molecular formula is C14H12F3NO2. The third kappa shape index (κ3) is 3.14. The molecule has 106 valence electrons. The average Bonchev–Trinajstić information content (AvgIpc) is 2.37. The Balaban J connectivity index is 2.45. The van der Waals surface area contributed by atoms with Crippen LogP contribution in [0.5, 0.6) is 11.5 Å². The van der Waals surface area contributed by atoms with E-state index >= 15 is 0 Å². The maximum Gasteiger partial charge on any atom is 0.573 e. The van der Waals surface area contributed by atoms with Crippen molar-refractivity contribution < 1.29 is 22.6 Å². The number of anilines is 1. The summed E-state index contributed by atoms with van der Waals surface area (Å²) >= 11 is 0. The minimum atomic E-state index is -4.74. The van der Waals surface area contributed by atoms with E-state index in [0.717, 1.165) is 0 Å². The van der Waals surface area contributed by atoms with Gasteiger partial charge in [0.15, 0.2) is 0 Å². The Morgan fingerprint density at radius 2 is 1.70 bits per heavy atom. The van der Waals surface area contributed by atoms with Crippen molar-refractivity contribution in [2.24, 2.45) is 0 Å². The highest BCUT2D eigenvalue weighted by Gasteiger charge is 2.32. The molecule has 0 radical (unpaired) electrons. The summed E-state index contributed by atoms with van der Waals surface area (Å²) in [5.74, 6) is 0.188. The lowest BCUT2D eigenvalue weighted by atomic mass is 10.0. The van der Waals surface area contributed by atoms with Crippen LogP contribution in [0, 0.1) is 0 Å². The first-order valence-corrected chi connectivity index (χ1v) is 5.69. The summed E-state index contributed by atoms with van der Waals surface area (Å²) in [5, 5.41) is 0. The van der Waals surface area contributed by atoms with Crippen molar-refractivity contribution in [3.63, 3.8) is 0 Å². The predicted molar refractivity (Wildman–Crippen MR) is 69.5 cm³/mol. The Morgan fingerprint density at radius 1 is 1.00 bits per heavy atom. The van der Waals surface area contributed by atoms with Crippen LogP contribution in [0.25, 0.3) is 11.1 Å². The summed E-state index contributed by atoms with van der Waals surface area (Å²) in [5.41, 5.74) is 6.92. The van der Waals surface area contributed by atoms with Crippen molar-refractivity contribution in [1.29, 1.82) is 0 Å². The Labute approximate surface area is 113 Å². The first-order chi connectivity index (χ1) is 9.40. The van der Waals surface area contributed by atoms with E-state index in [-0.39, 0.29) is 5.75 Å². The topological polar surface area (TPSA) is 44.5 Å². The maximum absolute atomic E-state index is 12.4. The smallest absolute Gasteiger partial charge is 0.495 e. The van der Waals surface area contributed by atoms with Gasteiger partial charge >= 0.3 is 6.36 Å². The summed E-state index contributed by atoms with van der Waals surface area (Å²) in [6.45, 7) is 0. The molecule has 6 heteroatoms. The Morgan fingerprint density at radius 3 is 2.30 bits per heavy atom. The number of hydrogen-bond acceptors (Lipinski definition) is 3. The monoisotopic (exact) mass is 283 g/mol. The summed E-state index contributed by atoms with van der Waals surface area (Å²) in [4.78, 5) is 0. The first-order valence-electron chi connectivity index (χ1n) is 5.69. The van der Waals surface area contributed by atoms with Gasteiger partial charge in [0.25, 0.3) is 0 Å². The van der Waals surface area contributed by atoms with E-state index in [1.54, 1.807) is 18.2 Å².